The van der Waals surface area contributed by atoms with Crippen LogP contribution in [0.25, 0.3) is 0 Å². The average molecular weight is 308 g/mol. The van der Waals surface area contributed by atoms with Crippen molar-refractivity contribution in [3.8, 4) is 0 Å². The molecule has 2 aromatic rings. The van der Waals surface area contributed by atoms with Gasteiger partial charge in [0.25, 0.3) is 5.69 Å². The summed E-state index contributed by atoms with van der Waals surface area (Å²) >= 11 is 3.29. The van der Waals surface area contributed by atoms with Crippen LogP contribution in [0.4, 0.5) is 11.5 Å². The molecule has 0 aliphatic heterocycles. The third-order valence-corrected chi connectivity index (χ3v) is 2.78. The Bertz CT molecular complexity index is 558. The molecule has 1 aromatic carbocycles. The van der Waals surface area contributed by atoms with Crippen LogP contribution in [0.2, 0.25) is 0 Å². The Balaban J connectivity index is 2.00. The van der Waals surface area contributed by atoms with Crippen LogP contribution in [-0.4, -0.2) is 9.91 Å². The number of benzene rings is 1. The first kappa shape index (κ1) is 12.5. The summed E-state index contributed by atoms with van der Waals surface area (Å²) in [4.78, 5) is 14.3. The van der Waals surface area contributed by atoms with E-state index in [2.05, 4.69) is 26.2 Å². The second kappa shape index (κ2) is 5.59. The smallest absolute Gasteiger partial charge is 0.269 e. The number of pyridine rings is 1. The molecule has 0 radical (unpaired) electrons. The highest BCUT2D eigenvalue weighted by molar-refractivity contribution is 9.10. The fourth-order valence-corrected chi connectivity index (χ4v) is 1.78. The van der Waals surface area contributed by atoms with Crippen molar-refractivity contribution in [3.63, 3.8) is 0 Å². The van der Waals surface area contributed by atoms with E-state index < -0.39 is 4.92 Å². The minimum atomic E-state index is -0.410. The maximum absolute atomic E-state index is 10.5. The number of halogens is 1. The summed E-state index contributed by atoms with van der Waals surface area (Å²) < 4.78 is 0.760. The molecule has 1 aromatic heterocycles. The molecule has 6 heteroatoms. The van der Waals surface area contributed by atoms with E-state index in [0.29, 0.717) is 6.54 Å². The van der Waals surface area contributed by atoms with E-state index >= 15 is 0 Å². The van der Waals surface area contributed by atoms with Crippen molar-refractivity contribution in [2.24, 2.45) is 0 Å². The summed E-state index contributed by atoms with van der Waals surface area (Å²) in [7, 11) is 0. The third kappa shape index (κ3) is 3.27. The summed E-state index contributed by atoms with van der Waals surface area (Å²) in [6, 6.07) is 12.0. The zero-order valence-corrected chi connectivity index (χ0v) is 10.9. The monoisotopic (exact) mass is 307 g/mol. The Kier molecular flexibility index (Phi) is 3.88. The van der Waals surface area contributed by atoms with Gasteiger partial charge in [0.1, 0.15) is 10.4 Å². The normalized spacial score (nSPS) is 10.1. The topological polar surface area (TPSA) is 68.1 Å². The van der Waals surface area contributed by atoms with Crippen molar-refractivity contribution in [1.82, 2.24) is 4.98 Å². The molecular weight excluding hydrogens is 298 g/mol. The standard InChI is InChI=1S/C12H10BrN3O2/c13-11-2-1-3-12(15-11)14-8-9-4-6-10(7-5-9)16(17)18/h1-7H,8H2,(H,14,15). The fourth-order valence-electron chi connectivity index (χ4n) is 1.43. The van der Waals surface area contributed by atoms with Gasteiger partial charge in [0.2, 0.25) is 0 Å². The van der Waals surface area contributed by atoms with Crippen molar-refractivity contribution >= 4 is 27.4 Å². The number of anilines is 1. The van der Waals surface area contributed by atoms with E-state index in [0.717, 1.165) is 16.0 Å². The van der Waals surface area contributed by atoms with Crippen molar-refractivity contribution in [2.75, 3.05) is 5.32 Å². The minimum Gasteiger partial charge on any atom is -0.366 e. The minimum absolute atomic E-state index is 0.0966. The first-order valence-corrected chi connectivity index (χ1v) is 6.04. The number of nitrogens with one attached hydrogen (secondary N) is 1. The first-order chi connectivity index (χ1) is 8.65. The molecule has 1 heterocycles. The molecule has 0 unspecified atom stereocenters. The SMILES string of the molecule is O=[N+]([O-])c1ccc(CNc2cccc(Br)n2)cc1. The van der Waals surface area contributed by atoms with Crippen molar-refractivity contribution in [2.45, 2.75) is 6.54 Å². The van der Waals surface area contributed by atoms with Gasteiger partial charge in [0.05, 0.1) is 4.92 Å². The van der Waals surface area contributed by atoms with Gasteiger partial charge in [0, 0.05) is 18.7 Å². The summed E-state index contributed by atoms with van der Waals surface area (Å²) in [6.07, 6.45) is 0. The molecule has 18 heavy (non-hydrogen) atoms. The van der Waals surface area contributed by atoms with Gasteiger partial charge < -0.3 is 5.32 Å². The highest BCUT2D eigenvalue weighted by Gasteiger charge is 2.03. The van der Waals surface area contributed by atoms with E-state index in [-0.39, 0.29) is 5.69 Å². The highest BCUT2D eigenvalue weighted by Crippen LogP contribution is 2.14. The largest absolute Gasteiger partial charge is 0.366 e. The summed E-state index contributed by atoms with van der Waals surface area (Å²) in [5.74, 6) is 0.753. The molecule has 0 amide bonds. The molecule has 0 aliphatic carbocycles. The van der Waals surface area contributed by atoms with Gasteiger partial charge in [-0.1, -0.05) is 18.2 Å². The molecule has 0 saturated carbocycles. The van der Waals surface area contributed by atoms with Crippen LogP contribution in [0.15, 0.2) is 47.1 Å². The van der Waals surface area contributed by atoms with E-state index in [4.69, 9.17) is 0 Å². The Hall–Kier alpha value is -1.95. The second-order valence-corrected chi connectivity index (χ2v) is 4.44. The molecule has 0 aliphatic rings. The Labute approximate surface area is 112 Å². The Morgan fingerprint density at radius 2 is 1.94 bits per heavy atom. The number of non-ortho nitro benzene ring substituents is 1. The first-order valence-electron chi connectivity index (χ1n) is 5.25. The average Bonchev–Trinajstić information content (AvgIpc) is 2.37. The van der Waals surface area contributed by atoms with Gasteiger partial charge in [-0.05, 0) is 33.6 Å². The lowest BCUT2D eigenvalue weighted by molar-refractivity contribution is -0.384. The van der Waals surface area contributed by atoms with Crippen LogP contribution in [0, 0.1) is 10.1 Å². The van der Waals surface area contributed by atoms with E-state index in [1.165, 1.54) is 12.1 Å². The number of nitro benzene ring substituents is 1. The lowest BCUT2D eigenvalue weighted by Gasteiger charge is -2.05. The van der Waals surface area contributed by atoms with Gasteiger partial charge in [-0.15, -0.1) is 0 Å². The predicted molar refractivity (Wildman–Crippen MR) is 72.4 cm³/mol. The number of hydrogen-bond acceptors (Lipinski definition) is 4. The number of hydrogen-bond donors (Lipinski definition) is 1. The van der Waals surface area contributed by atoms with Crippen LogP contribution in [0.3, 0.4) is 0 Å². The van der Waals surface area contributed by atoms with Crippen LogP contribution in [-0.2, 0) is 6.54 Å². The maximum atomic E-state index is 10.5. The molecule has 5 nitrogen and oxygen atoms in total. The predicted octanol–water partition coefficient (Wildman–Crippen LogP) is 3.36. The second-order valence-electron chi connectivity index (χ2n) is 3.62. The van der Waals surface area contributed by atoms with Gasteiger partial charge in [0.15, 0.2) is 0 Å². The number of nitro groups is 1. The molecule has 0 spiro atoms. The van der Waals surface area contributed by atoms with Crippen LogP contribution in [0.5, 0.6) is 0 Å². The molecule has 92 valence electrons. The van der Waals surface area contributed by atoms with Gasteiger partial charge in [-0.3, -0.25) is 10.1 Å². The zero-order chi connectivity index (χ0) is 13.0. The summed E-state index contributed by atoms with van der Waals surface area (Å²) in [5, 5.41) is 13.6. The Morgan fingerprint density at radius 1 is 1.22 bits per heavy atom. The molecule has 2 rings (SSSR count). The number of nitrogens with zero attached hydrogens (tertiary/aromatic N) is 2. The quantitative estimate of drug-likeness (QED) is 0.534. The summed E-state index contributed by atoms with van der Waals surface area (Å²) in [6.45, 7) is 0.571. The third-order valence-electron chi connectivity index (χ3n) is 2.34. The lowest BCUT2D eigenvalue weighted by Crippen LogP contribution is -2.01. The number of rotatable bonds is 4. The van der Waals surface area contributed by atoms with Crippen molar-refractivity contribution in [1.29, 1.82) is 0 Å². The zero-order valence-electron chi connectivity index (χ0n) is 9.34. The molecule has 0 saturated heterocycles. The van der Waals surface area contributed by atoms with Crippen LogP contribution >= 0.6 is 15.9 Å². The van der Waals surface area contributed by atoms with E-state index in [1.807, 2.05) is 18.2 Å². The van der Waals surface area contributed by atoms with Gasteiger partial charge in [-0.25, -0.2) is 4.98 Å². The maximum Gasteiger partial charge on any atom is 0.269 e. The molecule has 0 bridgehead atoms. The van der Waals surface area contributed by atoms with E-state index in [1.54, 1.807) is 12.1 Å². The van der Waals surface area contributed by atoms with Gasteiger partial charge >= 0.3 is 0 Å². The fraction of sp³-hybridized carbons (Fsp3) is 0.0833. The number of aromatic nitrogens is 1. The van der Waals surface area contributed by atoms with Gasteiger partial charge in [-0.2, -0.15) is 0 Å². The molecule has 1 N–H and O–H groups in total. The molecule has 0 fully saturated rings. The van der Waals surface area contributed by atoms with Crippen LogP contribution in [0.1, 0.15) is 5.56 Å². The summed E-state index contributed by atoms with van der Waals surface area (Å²) in [5.41, 5.74) is 1.06. The molecular formula is C12H10BrN3O2. The van der Waals surface area contributed by atoms with Crippen molar-refractivity contribution < 1.29 is 4.92 Å². The van der Waals surface area contributed by atoms with Crippen LogP contribution < -0.4 is 5.32 Å². The van der Waals surface area contributed by atoms with E-state index in [9.17, 15) is 10.1 Å². The lowest BCUT2D eigenvalue weighted by atomic mass is 10.2. The highest BCUT2D eigenvalue weighted by atomic mass is 79.9. The Morgan fingerprint density at radius 3 is 2.56 bits per heavy atom. The van der Waals surface area contributed by atoms with Crippen molar-refractivity contribution in [3.05, 3.63) is 62.7 Å². The molecule has 0 atom stereocenters.